The van der Waals surface area contributed by atoms with Gasteiger partial charge in [-0.1, -0.05) is 37.6 Å². The number of nitrogens with zero attached hydrogens (tertiary/aromatic N) is 5. The van der Waals surface area contributed by atoms with E-state index in [1.54, 1.807) is 24.4 Å². The minimum Gasteiger partial charge on any atom is -0.335 e. The lowest BCUT2D eigenvalue weighted by molar-refractivity contribution is -0.146. The maximum Gasteiger partial charge on any atom is 0.455 e. The number of halogens is 4. The third kappa shape index (κ3) is 4.38. The van der Waals surface area contributed by atoms with Gasteiger partial charge in [-0.3, -0.25) is 14.6 Å². The number of nitriles is 1. The van der Waals surface area contributed by atoms with E-state index in [9.17, 15) is 28.0 Å². The molecule has 1 aliphatic heterocycles. The zero-order valence-corrected chi connectivity index (χ0v) is 20.8. The molecule has 1 saturated heterocycles. The van der Waals surface area contributed by atoms with Gasteiger partial charge >= 0.3 is 12.2 Å². The summed E-state index contributed by atoms with van der Waals surface area (Å²) in [6.45, 7) is 3.81. The summed E-state index contributed by atoms with van der Waals surface area (Å²) in [7, 11) is 0. The molecular weight excluding hydrogens is 527 g/mol. The van der Waals surface area contributed by atoms with Crippen molar-refractivity contribution in [1.29, 1.82) is 5.26 Å². The van der Waals surface area contributed by atoms with Crippen LogP contribution < -0.4 is 10.6 Å². The monoisotopic (exact) mass is 547 g/mol. The number of alkyl halides is 3. The summed E-state index contributed by atoms with van der Waals surface area (Å²) < 4.78 is 42.6. The normalized spacial score (nSPS) is 22.4. The SMILES string of the molecule is CC1(C)C2CN(C(=O)CNc3nc(C(F)(F)F)no3)[C@H](C(=O)NC(C#N)c3cncc4cccc(Cl)c34)C21. The number of fused-ring (bicyclic) bond motifs is 2. The van der Waals surface area contributed by atoms with Crippen LogP contribution in [0.1, 0.15) is 31.3 Å². The van der Waals surface area contributed by atoms with E-state index in [1.165, 1.54) is 11.1 Å². The van der Waals surface area contributed by atoms with Gasteiger partial charge in [0, 0.05) is 40.3 Å². The Morgan fingerprint density at radius 2 is 2.11 bits per heavy atom. The molecule has 2 fully saturated rings. The van der Waals surface area contributed by atoms with Crippen molar-refractivity contribution in [2.75, 3.05) is 18.4 Å². The lowest BCUT2D eigenvalue weighted by Gasteiger charge is -2.30. The smallest absolute Gasteiger partial charge is 0.335 e. The van der Waals surface area contributed by atoms with E-state index in [2.05, 4.69) is 36.4 Å². The van der Waals surface area contributed by atoms with E-state index in [0.717, 1.165) is 0 Å². The molecule has 1 aromatic carbocycles. The van der Waals surface area contributed by atoms with Crippen LogP contribution in [0.25, 0.3) is 10.8 Å². The van der Waals surface area contributed by atoms with Crippen molar-refractivity contribution in [1.82, 2.24) is 25.3 Å². The molecule has 1 saturated carbocycles. The number of anilines is 1. The van der Waals surface area contributed by atoms with Crippen LogP contribution in [0, 0.1) is 28.6 Å². The Hall–Kier alpha value is -3.92. The first-order valence-electron chi connectivity index (χ1n) is 11.6. The lowest BCUT2D eigenvalue weighted by Crippen LogP contribution is -2.51. The van der Waals surface area contributed by atoms with Crippen molar-refractivity contribution < 1.29 is 27.3 Å². The summed E-state index contributed by atoms with van der Waals surface area (Å²) in [5.41, 5.74) is 0.220. The zero-order chi connectivity index (χ0) is 27.4. The number of hydrogen-bond donors (Lipinski definition) is 2. The summed E-state index contributed by atoms with van der Waals surface area (Å²) in [6, 6.07) is 4.75. The van der Waals surface area contributed by atoms with E-state index < -0.39 is 48.5 Å². The average Bonchev–Trinajstić information content (AvgIpc) is 3.29. The van der Waals surface area contributed by atoms with Crippen molar-refractivity contribution in [3.05, 3.63) is 47.0 Å². The Morgan fingerprint density at radius 1 is 1.34 bits per heavy atom. The van der Waals surface area contributed by atoms with Crippen LogP contribution in [-0.2, 0) is 15.8 Å². The molecule has 2 aromatic heterocycles. The summed E-state index contributed by atoms with van der Waals surface area (Å²) in [5, 5.41) is 19.6. The highest BCUT2D eigenvalue weighted by atomic mass is 35.5. The molecule has 14 heteroatoms. The third-order valence-electron chi connectivity index (χ3n) is 7.36. The second kappa shape index (κ2) is 9.13. The number of aromatic nitrogens is 3. The molecule has 38 heavy (non-hydrogen) atoms. The first kappa shape index (κ1) is 25.7. The molecule has 2 amide bonds. The second-order valence-corrected chi connectivity index (χ2v) is 10.3. The van der Waals surface area contributed by atoms with Crippen molar-refractivity contribution in [3.63, 3.8) is 0 Å². The van der Waals surface area contributed by atoms with Crippen LogP contribution in [0.3, 0.4) is 0 Å². The van der Waals surface area contributed by atoms with E-state index >= 15 is 0 Å². The maximum absolute atomic E-state index is 13.5. The van der Waals surface area contributed by atoms with Gasteiger partial charge < -0.3 is 20.1 Å². The molecular formula is C24H21ClF3N7O3. The van der Waals surface area contributed by atoms with E-state index in [-0.39, 0.29) is 23.8 Å². The number of amides is 2. The fourth-order valence-electron chi connectivity index (χ4n) is 5.35. The van der Waals surface area contributed by atoms with Gasteiger partial charge in [-0.05, 0) is 28.5 Å². The van der Waals surface area contributed by atoms with Crippen LogP contribution in [0.4, 0.5) is 19.2 Å². The topological polar surface area (TPSA) is 137 Å². The van der Waals surface area contributed by atoms with Crippen LogP contribution in [-0.4, -0.2) is 51.0 Å². The number of rotatable bonds is 6. The Balaban J connectivity index is 1.34. The van der Waals surface area contributed by atoms with E-state index in [4.69, 9.17) is 11.6 Å². The largest absolute Gasteiger partial charge is 0.455 e. The van der Waals surface area contributed by atoms with Crippen molar-refractivity contribution in [2.45, 2.75) is 32.1 Å². The number of carbonyl (C=O) groups is 2. The molecule has 0 radical (unpaired) electrons. The maximum atomic E-state index is 13.5. The summed E-state index contributed by atoms with van der Waals surface area (Å²) in [6.07, 6.45) is -1.73. The minimum atomic E-state index is -4.79. The highest BCUT2D eigenvalue weighted by Crippen LogP contribution is 2.64. The van der Waals surface area contributed by atoms with E-state index in [0.29, 0.717) is 21.4 Å². The molecule has 3 unspecified atom stereocenters. The Labute approximate surface area is 219 Å². The van der Waals surface area contributed by atoms with Crippen molar-refractivity contribution in [2.24, 2.45) is 17.3 Å². The number of carbonyl (C=O) groups excluding carboxylic acids is 2. The number of benzene rings is 1. The Bertz CT molecular complexity index is 1460. The zero-order valence-electron chi connectivity index (χ0n) is 20.1. The van der Waals surface area contributed by atoms with Crippen LogP contribution in [0.2, 0.25) is 5.02 Å². The number of pyridine rings is 1. The van der Waals surface area contributed by atoms with Gasteiger partial charge in [0.1, 0.15) is 12.1 Å². The van der Waals surface area contributed by atoms with E-state index in [1.807, 2.05) is 13.8 Å². The first-order chi connectivity index (χ1) is 17.9. The number of hydrogen-bond acceptors (Lipinski definition) is 8. The highest BCUT2D eigenvalue weighted by molar-refractivity contribution is 6.35. The molecule has 2 N–H and O–H groups in total. The number of piperidine rings is 1. The molecule has 1 aliphatic carbocycles. The minimum absolute atomic E-state index is 0.0524. The van der Waals surface area contributed by atoms with Gasteiger partial charge in [0.15, 0.2) is 0 Å². The lowest BCUT2D eigenvalue weighted by atomic mass is 9.98. The predicted molar refractivity (Wildman–Crippen MR) is 127 cm³/mol. The number of nitrogens with one attached hydrogen (secondary N) is 2. The average molecular weight is 548 g/mol. The molecule has 3 aromatic rings. The Kier molecular flexibility index (Phi) is 6.18. The second-order valence-electron chi connectivity index (χ2n) is 9.86. The van der Waals surface area contributed by atoms with Crippen LogP contribution >= 0.6 is 11.6 Å². The molecule has 198 valence electrons. The molecule has 2 aliphatic rings. The van der Waals surface area contributed by atoms with Gasteiger partial charge in [-0.25, -0.2) is 0 Å². The van der Waals surface area contributed by atoms with Crippen LogP contribution in [0.5, 0.6) is 0 Å². The van der Waals surface area contributed by atoms with Gasteiger partial charge in [0.2, 0.25) is 11.8 Å². The predicted octanol–water partition coefficient (Wildman–Crippen LogP) is 3.57. The quantitative estimate of drug-likeness (QED) is 0.478. The van der Waals surface area contributed by atoms with Crippen LogP contribution in [0.15, 0.2) is 35.1 Å². The summed E-state index contributed by atoms with van der Waals surface area (Å²) >= 11 is 6.38. The van der Waals surface area contributed by atoms with Gasteiger partial charge in [-0.2, -0.15) is 23.4 Å². The van der Waals surface area contributed by atoms with Gasteiger partial charge in [0.25, 0.3) is 5.82 Å². The fourth-order valence-corrected chi connectivity index (χ4v) is 5.64. The third-order valence-corrected chi connectivity index (χ3v) is 7.67. The Morgan fingerprint density at radius 3 is 2.79 bits per heavy atom. The van der Waals surface area contributed by atoms with Gasteiger partial charge in [-0.15, -0.1) is 0 Å². The van der Waals surface area contributed by atoms with Gasteiger partial charge in [0.05, 0.1) is 12.6 Å². The molecule has 10 nitrogen and oxygen atoms in total. The molecule has 5 rings (SSSR count). The molecule has 4 atom stereocenters. The summed E-state index contributed by atoms with van der Waals surface area (Å²) in [5.74, 6) is -2.64. The standard InChI is InChI=1S/C24H21ClF3N7O3/c1-23(2)13-10-35(16(36)9-31-22-33-21(34-38-22)24(26,27)28)19(18(13)23)20(37)32-15(6-29)12-8-30-7-11-4-3-5-14(25)17(11)12/h3-5,7-8,13,15,18-19H,9-10H2,1-2H3,(H,32,37)(H,31,33,34)/t13?,15?,18?,19-/m0/s1. The highest BCUT2D eigenvalue weighted by Gasteiger charge is 2.69. The van der Waals surface area contributed by atoms with Crippen molar-refractivity contribution in [3.8, 4) is 6.07 Å². The number of likely N-dealkylation sites (tertiary alicyclic amines) is 1. The molecule has 0 bridgehead atoms. The fraction of sp³-hybridized carbons (Fsp3) is 0.417. The molecule has 3 heterocycles. The first-order valence-corrected chi connectivity index (χ1v) is 12.0. The summed E-state index contributed by atoms with van der Waals surface area (Å²) in [4.78, 5) is 35.3. The molecule has 0 spiro atoms. The van der Waals surface area contributed by atoms with Crippen molar-refractivity contribution >= 4 is 40.2 Å².